The number of carbonyl (C=O) groups excluding carboxylic acids is 1. The van der Waals surface area contributed by atoms with Crippen LogP contribution < -0.4 is 10.1 Å². The first kappa shape index (κ1) is 14.6. The number of anilines is 1. The van der Waals surface area contributed by atoms with Gasteiger partial charge in [0.05, 0.1) is 10.7 Å². The van der Waals surface area contributed by atoms with Crippen LogP contribution in [0.2, 0.25) is 10.0 Å². The molecule has 0 atom stereocenters. The highest BCUT2D eigenvalue weighted by molar-refractivity contribution is 6.36. The van der Waals surface area contributed by atoms with E-state index in [9.17, 15) is 9.18 Å². The van der Waals surface area contributed by atoms with Crippen LogP contribution in [0.4, 0.5) is 10.1 Å². The smallest absolute Gasteiger partial charge is 0.262 e. The number of benzene rings is 2. The summed E-state index contributed by atoms with van der Waals surface area (Å²) in [4.78, 5) is 11.7. The van der Waals surface area contributed by atoms with E-state index in [1.54, 1.807) is 18.2 Å². The zero-order chi connectivity index (χ0) is 14.5. The molecule has 0 aromatic heterocycles. The van der Waals surface area contributed by atoms with Crippen molar-refractivity contribution in [3.05, 3.63) is 58.3 Å². The second-order valence-corrected chi connectivity index (χ2v) is 4.74. The first-order chi connectivity index (χ1) is 9.56. The molecule has 0 bridgehead atoms. The molecule has 1 N–H and O–H groups in total. The second kappa shape index (κ2) is 6.59. The van der Waals surface area contributed by atoms with Gasteiger partial charge in [-0.15, -0.1) is 0 Å². The van der Waals surface area contributed by atoms with Crippen LogP contribution in [0.25, 0.3) is 0 Å². The monoisotopic (exact) mass is 313 g/mol. The molecule has 2 rings (SSSR count). The molecular weight excluding hydrogens is 304 g/mol. The molecule has 2 aromatic rings. The van der Waals surface area contributed by atoms with Gasteiger partial charge in [-0.05, 0) is 30.3 Å². The average Bonchev–Trinajstić information content (AvgIpc) is 2.41. The quantitative estimate of drug-likeness (QED) is 0.920. The fraction of sp³-hybridized carbons (Fsp3) is 0.0714. The van der Waals surface area contributed by atoms with Gasteiger partial charge in [0, 0.05) is 5.02 Å². The Morgan fingerprint density at radius 1 is 1.20 bits per heavy atom. The summed E-state index contributed by atoms with van der Waals surface area (Å²) < 4.78 is 18.4. The Labute approximate surface area is 125 Å². The summed E-state index contributed by atoms with van der Waals surface area (Å²) >= 11 is 11.7. The molecule has 0 radical (unpaired) electrons. The number of amides is 1. The molecule has 104 valence electrons. The zero-order valence-corrected chi connectivity index (χ0v) is 11.7. The fourth-order valence-electron chi connectivity index (χ4n) is 1.48. The van der Waals surface area contributed by atoms with Crippen molar-refractivity contribution in [2.45, 2.75) is 0 Å². The van der Waals surface area contributed by atoms with Crippen molar-refractivity contribution < 1.29 is 13.9 Å². The van der Waals surface area contributed by atoms with E-state index >= 15 is 0 Å². The first-order valence-corrected chi connectivity index (χ1v) is 6.44. The second-order valence-electron chi connectivity index (χ2n) is 3.89. The SMILES string of the molecule is O=C(COc1ccccc1F)Nc1ccc(Cl)cc1Cl. The lowest BCUT2D eigenvalue weighted by Gasteiger charge is -2.09. The van der Waals surface area contributed by atoms with Crippen molar-refractivity contribution in [2.75, 3.05) is 11.9 Å². The number of hydrogen-bond acceptors (Lipinski definition) is 2. The van der Waals surface area contributed by atoms with Gasteiger partial charge in [-0.3, -0.25) is 4.79 Å². The Hall–Kier alpha value is -1.78. The molecule has 1 amide bonds. The predicted molar refractivity (Wildman–Crippen MR) is 77.0 cm³/mol. The Kier molecular flexibility index (Phi) is 4.82. The standard InChI is InChI=1S/C14H10Cl2FNO2/c15-9-5-6-12(10(16)7-9)18-14(19)8-20-13-4-2-1-3-11(13)17/h1-7H,8H2,(H,18,19). The van der Waals surface area contributed by atoms with E-state index in [1.807, 2.05) is 0 Å². The van der Waals surface area contributed by atoms with Crippen molar-refractivity contribution in [2.24, 2.45) is 0 Å². The molecule has 20 heavy (non-hydrogen) atoms. The molecule has 0 saturated heterocycles. The van der Waals surface area contributed by atoms with Crippen molar-refractivity contribution in [3.8, 4) is 5.75 Å². The van der Waals surface area contributed by atoms with Crippen LogP contribution in [0, 0.1) is 5.82 Å². The summed E-state index contributed by atoms with van der Waals surface area (Å²) in [5.41, 5.74) is 0.415. The maximum absolute atomic E-state index is 13.3. The zero-order valence-electron chi connectivity index (χ0n) is 10.2. The molecule has 3 nitrogen and oxygen atoms in total. The molecule has 0 aliphatic rings. The van der Waals surface area contributed by atoms with Gasteiger partial charge in [0.2, 0.25) is 0 Å². The highest BCUT2D eigenvalue weighted by atomic mass is 35.5. The number of ether oxygens (including phenoxy) is 1. The Bertz CT molecular complexity index is 634. The predicted octanol–water partition coefficient (Wildman–Crippen LogP) is 4.15. The van der Waals surface area contributed by atoms with Gasteiger partial charge in [-0.25, -0.2) is 4.39 Å². The third kappa shape index (κ3) is 3.85. The lowest BCUT2D eigenvalue weighted by molar-refractivity contribution is -0.118. The minimum atomic E-state index is -0.523. The minimum Gasteiger partial charge on any atom is -0.481 e. The van der Waals surface area contributed by atoms with Gasteiger partial charge in [-0.2, -0.15) is 0 Å². The molecule has 0 unspecified atom stereocenters. The number of para-hydroxylation sites is 1. The van der Waals surface area contributed by atoms with E-state index in [0.29, 0.717) is 15.7 Å². The largest absolute Gasteiger partial charge is 0.481 e. The number of nitrogens with one attached hydrogen (secondary N) is 1. The normalized spacial score (nSPS) is 10.2. The Morgan fingerprint density at radius 3 is 2.65 bits per heavy atom. The number of halogens is 3. The first-order valence-electron chi connectivity index (χ1n) is 5.68. The summed E-state index contributed by atoms with van der Waals surface area (Å²) in [7, 11) is 0. The summed E-state index contributed by atoms with van der Waals surface area (Å²) in [5.74, 6) is -0.952. The number of rotatable bonds is 4. The van der Waals surface area contributed by atoms with Crippen LogP contribution in [0.15, 0.2) is 42.5 Å². The molecule has 0 aliphatic heterocycles. The molecule has 6 heteroatoms. The highest BCUT2D eigenvalue weighted by Gasteiger charge is 2.08. The number of carbonyl (C=O) groups is 1. The van der Waals surface area contributed by atoms with E-state index in [2.05, 4.69) is 5.32 Å². The van der Waals surface area contributed by atoms with Crippen LogP contribution in [-0.2, 0) is 4.79 Å². The van der Waals surface area contributed by atoms with Gasteiger partial charge < -0.3 is 10.1 Å². The van der Waals surface area contributed by atoms with E-state index in [0.717, 1.165) is 0 Å². The van der Waals surface area contributed by atoms with Crippen molar-refractivity contribution in [1.29, 1.82) is 0 Å². The maximum atomic E-state index is 13.3. The Balaban J connectivity index is 1.94. The third-order valence-electron chi connectivity index (χ3n) is 2.40. The van der Waals surface area contributed by atoms with Crippen molar-refractivity contribution >= 4 is 34.8 Å². The molecule has 0 heterocycles. The van der Waals surface area contributed by atoms with E-state index in [-0.39, 0.29) is 12.4 Å². The summed E-state index contributed by atoms with van der Waals surface area (Å²) in [6, 6.07) is 10.5. The van der Waals surface area contributed by atoms with E-state index in [4.69, 9.17) is 27.9 Å². The molecule has 0 saturated carbocycles. The molecular formula is C14H10Cl2FNO2. The lowest BCUT2D eigenvalue weighted by Crippen LogP contribution is -2.20. The summed E-state index contributed by atoms with van der Waals surface area (Å²) in [5, 5.41) is 3.33. The van der Waals surface area contributed by atoms with Crippen molar-refractivity contribution in [1.82, 2.24) is 0 Å². The fourth-order valence-corrected chi connectivity index (χ4v) is 1.94. The van der Waals surface area contributed by atoms with Gasteiger partial charge in [0.25, 0.3) is 5.91 Å². The number of hydrogen-bond donors (Lipinski definition) is 1. The third-order valence-corrected chi connectivity index (χ3v) is 2.95. The topological polar surface area (TPSA) is 38.3 Å². The summed E-state index contributed by atoms with van der Waals surface area (Å²) in [6.45, 7) is -0.320. The van der Waals surface area contributed by atoms with Crippen molar-refractivity contribution in [3.63, 3.8) is 0 Å². The van der Waals surface area contributed by atoms with Gasteiger partial charge in [0.15, 0.2) is 18.2 Å². The molecule has 0 fully saturated rings. The highest BCUT2D eigenvalue weighted by Crippen LogP contribution is 2.25. The molecule has 0 spiro atoms. The van der Waals surface area contributed by atoms with Crippen LogP contribution in [0.5, 0.6) is 5.75 Å². The minimum absolute atomic E-state index is 0.0184. The average molecular weight is 314 g/mol. The molecule has 0 aliphatic carbocycles. The maximum Gasteiger partial charge on any atom is 0.262 e. The summed E-state index contributed by atoms with van der Waals surface area (Å²) in [6.07, 6.45) is 0. The Morgan fingerprint density at radius 2 is 1.95 bits per heavy atom. The van der Waals surface area contributed by atoms with Crippen LogP contribution >= 0.6 is 23.2 Å². The van der Waals surface area contributed by atoms with E-state index < -0.39 is 11.7 Å². The van der Waals surface area contributed by atoms with Crippen LogP contribution in [-0.4, -0.2) is 12.5 Å². The van der Waals surface area contributed by atoms with Gasteiger partial charge in [-0.1, -0.05) is 35.3 Å². The van der Waals surface area contributed by atoms with E-state index in [1.165, 1.54) is 24.3 Å². The molecule has 2 aromatic carbocycles. The van der Waals surface area contributed by atoms with Gasteiger partial charge in [0.1, 0.15) is 0 Å². The van der Waals surface area contributed by atoms with Crippen LogP contribution in [0.3, 0.4) is 0 Å². The van der Waals surface area contributed by atoms with Gasteiger partial charge >= 0.3 is 0 Å². The lowest BCUT2D eigenvalue weighted by atomic mass is 10.3. The van der Waals surface area contributed by atoms with Crippen LogP contribution in [0.1, 0.15) is 0 Å².